The zero-order valence-electron chi connectivity index (χ0n) is 38.4. The largest absolute Gasteiger partial charge is 0.507 e. The fraction of sp³-hybridized carbons (Fsp3) is 0.562. The molecule has 1 heterocycles. The standard InChI is InChI=1S/C48H68N4O6/c1-43(2,3)31-19-28(20-32(37(31)49-58)44(4,5)6)25-50-40(55)51(26-29-21-33(45(7,8)9)38(53)34(22-29)46(10,11)12)42(57)52(41(50)56)27-30-23-35(47(13,14)15)39(54)36(24-30)48(16,17)18/h19-24,53-54H,25-27H2,1-18H3. The van der Waals surface area contributed by atoms with Crippen molar-refractivity contribution in [2.24, 2.45) is 5.18 Å². The molecule has 1 aromatic heterocycles. The fourth-order valence-corrected chi connectivity index (χ4v) is 7.52. The quantitative estimate of drug-likeness (QED) is 0.179. The van der Waals surface area contributed by atoms with Crippen LogP contribution in [0.4, 0.5) is 5.69 Å². The molecule has 0 unspecified atom stereocenters. The van der Waals surface area contributed by atoms with Crippen molar-refractivity contribution in [1.29, 1.82) is 0 Å². The summed E-state index contributed by atoms with van der Waals surface area (Å²) in [6.07, 6.45) is 0. The van der Waals surface area contributed by atoms with E-state index in [2.05, 4.69) is 5.18 Å². The maximum absolute atomic E-state index is 14.7. The summed E-state index contributed by atoms with van der Waals surface area (Å²) >= 11 is 0. The summed E-state index contributed by atoms with van der Waals surface area (Å²) in [6.45, 7) is 35.4. The summed E-state index contributed by atoms with van der Waals surface area (Å²) < 4.78 is 3.29. The number of aromatic hydroxyl groups is 2. The van der Waals surface area contributed by atoms with E-state index in [0.717, 1.165) is 13.7 Å². The van der Waals surface area contributed by atoms with Crippen LogP contribution in [0.5, 0.6) is 11.5 Å². The summed E-state index contributed by atoms with van der Waals surface area (Å²) in [5.41, 5.74) is 1.13. The van der Waals surface area contributed by atoms with Crippen LogP contribution in [0, 0.1) is 4.91 Å². The highest BCUT2D eigenvalue weighted by atomic mass is 16.3. The van der Waals surface area contributed by atoms with Gasteiger partial charge in [0, 0.05) is 0 Å². The minimum Gasteiger partial charge on any atom is -0.507 e. The molecular weight excluding hydrogens is 729 g/mol. The van der Waals surface area contributed by atoms with E-state index in [4.69, 9.17) is 0 Å². The summed E-state index contributed by atoms with van der Waals surface area (Å²) in [5.74, 6) is 0.348. The van der Waals surface area contributed by atoms with E-state index in [1.165, 1.54) is 0 Å². The van der Waals surface area contributed by atoms with Gasteiger partial charge in [0.05, 0.1) is 19.6 Å². The molecule has 4 rings (SSSR count). The average molecular weight is 797 g/mol. The van der Waals surface area contributed by atoms with Crippen molar-refractivity contribution in [2.45, 2.75) is 177 Å². The van der Waals surface area contributed by atoms with Crippen LogP contribution in [0.1, 0.15) is 175 Å². The molecule has 0 bridgehead atoms. The lowest BCUT2D eigenvalue weighted by Crippen LogP contribution is -2.55. The fourth-order valence-electron chi connectivity index (χ4n) is 7.52. The Bertz CT molecular complexity index is 2190. The maximum atomic E-state index is 14.7. The van der Waals surface area contributed by atoms with E-state index < -0.39 is 49.6 Å². The molecule has 0 amide bonds. The number of nitroso groups, excluding NO2 is 1. The lowest BCUT2D eigenvalue weighted by atomic mass is 9.77. The molecule has 3 aromatic carbocycles. The van der Waals surface area contributed by atoms with Crippen LogP contribution in [0.25, 0.3) is 0 Å². The number of nitrogens with zero attached hydrogens (tertiary/aromatic N) is 4. The Balaban J connectivity index is 2.13. The van der Waals surface area contributed by atoms with Crippen LogP contribution in [0.15, 0.2) is 56.0 Å². The Labute approximate surface area is 345 Å². The van der Waals surface area contributed by atoms with E-state index in [1.807, 2.05) is 161 Å². The van der Waals surface area contributed by atoms with Gasteiger partial charge >= 0.3 is 17.1 Å². The zero-order chi connectivity index (χ0) is 44.5. The third-order valence-corrected chi connectivity index (χ3v) is 10.9. The molecule has 0 spiro atoms. The van der Waals surface area contributed by atoms with Crippen molar-refractivity contribution in [3.05, 3.63) is 123 Å². The van der Waals surface area contributed by atoms with Gasteiger partial charge < -0.3 is 10.2 Å². The zero-order valence-corrected chi connectivity index (χ0v) is 38.4. The van der Waals surface area contributed by atoms with Gasteiger partial charge in [-0.2, -0.15) is 0 Å². The van der Waals surface area contributed by atoms with Crippen molar-refractivity contribution >= 4 is 5.69 Å². The van der Waals surface area contributed by atoms with Crippen LogP contribution in [-0.2, 0) is 52.1 Å². The molecule has 0 aliphatic rings. The minimum atomic E-state index is -0.780. The van der Waals surface area contributed by atoms with Gasteiger partial charge in [-0.05, 0) is 112 Å². The Kier molecular flexibility index (Phi) is 12.0. The molecule has 0 radical (unpaired) electrons. The smallest absolute Gasteiger partial charge is 0.336 e. The van der Waals surface area contributed by atoms with Crippen LogP contribution in [0.3, 0.4) is 0 Å². The van der Waals surface area contributed by atoms with E-state index in [0.29, 0.717) is 55.8 Å². The van der Waals surface area contributed by atoms with Crippen molar-refractivity contribution in [2.75, 3.05) is 0 Å². The summed E-state index contributed by atoms with van der Waals surface area (Å²) in [5, 5.41) is 26.4. The molecule has 10 heteroatoms. The Morgan fingerprint density at radius 3 is 0.759 bits per heavy atom. The highest BCUT2D eigenvalue weighted by Gasteiger charge is 2.31. The van der Waals surface area contributed by atoms with E-state index >= 15 is 0 Å². The van der Waals surface area contributed by atoms with E-state index in [9.17, 15) is 29.5 Å². The van der Waals surface area contributed by atoms with Crippen molar-refractivity contribution < 1.29 is 10.2 Å². The third-order valence-electron chi connectivity index (χ3n) is 10.9. The second-order valence-corrected chi connectivity index (χ2v) is 22.3. The lowest BCUT2D eigenvalue weighted by molar-refractivity contribution is 0.421. The van der Waals surface area contributed by atoms with Gasteiger partial charge in [-0.1, -0.05) is 137 Å². The number of hydrogen-bond acceptors (Lipinski definition) is 7. The molecule has 4 aromatic rings. The number of phenolic OH excluding ortho intramolecular Hbond substituents is 2. The van der Waals surface area contributed by atoms with Gasteiger partial charge in [0.25, 0.3) is 0 Å². The first kappa shape index (κ1) is 46.0. The summed E-state index contributed by atoms with van der Waals surface area (Å²) in [7, 11) is 0. The molecular formula is C48H68N4O6. The topological polar surface area (TPSA) is 136 Å². The monoisotopic (exact) mass is 797 g/mol. The van der Waals surface area contributed by atoms with Gasteiger partial charge in [-0.25, -0.2) is 28.1 Å². The maximum Gasteiger partial charge on any atom is 0.336 e. The van der Waals surface area contributed by atoms with E-state index in [-0.39, 0.29) is 31.1 Å². The van der Waals surface area contributed by atoms with Gasteiger partial charge in [0.2, 0.25) is 0 Å². The van der Waals surface area contributed by atoms with Gasteiger partial charge in [-0.15, -0.1) is 4.91 Å². The predicted octanol–water partition coefficient (Wildman–Crippen LogP) is 9.91. The Morgan fingerprint density at radius 1 is 0.397 bits per heavy atom. The second kappa shape index (κ2) is 15.1. The SMILES string of the molecule is CC(C)(C)c1cc(Cn2c(=O)n(Cc3cc(C(C)(C)C)c(O)c(C(C)(C)C)c3)c(=O)n(Cc3cc(C(C)(C)C)c(N=O)c(C(C)(C)C)c3)c2=O)cc(C(C)(C)C)c1O. The highest BCUT2D eigenvalue weighted by Crippen LogP contribution is 2.43. The van der Waals surface area contributed by atoms with Gasteiger partial charge in [0.15, 0.2) is 0 Å². The van der Waals surface area contributed by atoms with Crippen molar-refractivity contribution in [3.63, 3.8) is 0 Å². The lowest BCUT2D eigenvalue weighted by Gasteiger charge is -2.29. The number of hydrogen-bond donors (Lipinski definition) is 2. The molecule has 2 N–H and O–H groups in total. The number of benzene rings is 3. The molecule has 0 aliphatic carbocycles. The second-order valence-electron chi connectivity index (χ2n) is 22.3. The Hall–Kier alpha value is -4.73. The number of aromatic nitrogens is 3. The molecule has 316 valence electrons. The van der Waals surface area contributed by atoms with E-state index in [1.54, 1.807) is 0 Å². The third kappa shape index (κ3) is 9.42. The van der Waals surface area contributed by atoms with Gasteiger partial charge in [0.1, 0.15) is 17.2 Å². The summed E-state index contributed by atoms with van der Waals surface area (Å²) in [6, 6.07) is 11.0. The molecule has 0 saturated carbocycles. The molecule has 58 heavy (non-hydrogen) atoms. The Morgan fingerprint density at radius 2 is 0.586 bits per heavy atom. The first-order chi connectivity index (χ1) is 26.1. The first-order valence-electron chi connectivity index (χ1n) is 20.3. The van der Waals surface area contributed by atoms with Crippen LogP contribution >= 0.6 is 0 Å². The molecule has 10 nitrogen and oxygen atoms in total. The first-order valence-corrected chi connectivity index (χ1v) is 20.3. The number of phenols is 2. The minimum absolute atomic E-state index is 0.158. The molecule has 0 fully saturated rings. The normalized spacial score (nSPS) is 13.3. The highest BCUT2D eigenvalue weighted by molar-refractivity contribution is 5.60. The molecule has 0 atom stereocenters. The van der Waals surface area contributed by atoms with Crippen LogP contribution in [-0.4, -0.2) is 23.9 Å². The van der Waals surface area contributed by atoms with Crippen molar-refractivity contribution in [3.8, 4) is 11.5 Å². The predicted molar refractivity (Wildman–Crippen MR) is 237 cm³/mol. The van der Waals surface area contributed by atoms with Crippen LogP contribution < -0.4 is 17.1 Å². The van der Waals surface area contributed by atoms with Gasteiger partial charge in [-0.3, -0.25) is 0 Å². The average Bonchev–Trinajstić information content (AvgIpc) is 3.04. The molecule has 0 aliphatic heterocycles. The van der Waals surface area contributed by atoms with Crippen molar-refractivity contribution in [1.82, 2.24) is 13.7 Å². The molecule has 0 saturated heterocycles. The number of rotatable bonds is 7. The summed E-state index contributed by atoms with van der Waals surface area (Å²) in [4.78, 5) is 56.5. The van der Waals surface area contributed by atoms with Crippen LogP contribution in [0.2, 0.25) is 0 Å².